The summed E-state index contributed by atoms with van der Waals surface area (Å²) in [6.45, 7) is 8.20. The van der Waals surface area contributed by atoms with Gasteiger partial charge in [0, 0.05) is 47.8 Å². The van der Waals surface area contributed by atoms with Gasteiger partial charge >= 0.3 is 0 Å². The Labute approximate surface area is 210 Å². The molecule has 5 nitrogen and oxygen atoms in total. The summed E-state index contributed by atoms with van der Waals surface area (Å²) in [6, 6.07) is 4.10. The number of Topliss-reactive ketones (excluding diaryl/α,β-unsaturated/α-hetero) is 2. The molecule has 0 saturated heterocycles. The van der Waals surface area contributed by atoms with Gasteiger partial charge in [0.25, 0.3) is 0 Å². The molecule has 4 rings (SSSR count). The third kappa shape index (κ3) is 4.60. The van der Waals surface area contributed by atoms with Crippen LogP contribution in [0.1, 0.15) is 83.6 Å². The standard InChI is InChI=1S/C27H34INO4/c1-4-13-29-19-9-7-11-21(30)25(19)24(26-20(29)10-8-12-22(26)31)17-15-18(28)27(33-14-5-2)23(16-17)32-6-3/h15-16,24H,4-14H2,1-3H3. The van der Waals surface area contributed by atoms with E-state index >= 15 is 0 Å². The molecular formula is C27H34INO4. The average Bonchev–Trinajstić information content (AvgIpc) is 2.79. The van der Waals surface area contributed by atoms with E-state index in [-0.39, 0.29) is 17.5 Å². The number of carbonyl (C=O) groups excluding carboxylic acids is 2. The monoisotopic (exact) mass is 563 g/mol. The van der Waals surface area contributed by atoms with Crippen molar-refractivity contribution in [1.82, 2.24) is 4.90 Å². The number of hydrogen-bond donors (Lipinski definition) is 0. The Balaban J connectivity index is 1.92. The highest BCUT2D eigenvalue weighted by Gasteiger charge is 2.43. The lowest BCUT2D eigenvalue weighted by molar-refractivity contribution is -0.117. The number of hydrogen-bond acceptors (Lipinski definition) is 5. The maximum absolute atomic E-state index is 13.4. The minimum Gasteiger partial charge on any atom is -0.490 e. The average molecular weight is 563 g/mol. The first-order valence-electron chi connectivity index (χ1n) is 12.4. The smallest absolute Gasteiger partial charge is 0.174 e. The first-order chi connectivity index (χ1) is 16.0. The van der Waals surface area contributed by atoms with Crippen LogP contribution in [0, 0.1) is 3.57 Å². The highest BCUT2D eigenvalue weighted by molar-refractivity contribution is 14.1. The van der Waals surface area contributed by atoms with Crippen LogP contribution in [-0.4, -0.2) is 36.2 Å². The lowest BCUT2D eigenvalue weighted by Crippen LogP contribution is -2.39. The van der Waals surface area contributed by atoms with Crippen LogP contribution in [-0.2, 0) is 9.59 Å². The van der Waals surface area contributed by atoms with Crippen molar-refractivity contribution in [2.24, 2.45) is 0 Å². The summed E-state index contributed by atoms with van der Waals surface area (Å²) in [4.78, 5) is 29.1. The molecule has 0 radical (unpaired) electrons. The summed E-state index contributed by atoms with van der Waals surface area (Å²) >= 11 is 2.29. The minimum atomic E-state index is -0.309. The van der Waals surface area contributed by atoms with Crippen molar-refractivity contribution in [3.63, 3.8) is 0 Å². The van der Waals surface area contributed by atoms with Gasteiger partial charge in [0.05, 0.1) is 16.8 Å². The molecule has 1 aromatic rings. The van der Waals surface area contributed by atoms with Crippen LogP contribution in [0.5, 0.6) is 11.5 Å². The fraction of sp³-hybridized carbons (Fsp3) is 0.556. The van der Waals surface area contributed by atoms with E-state index in [9.17, 15) is 9.59 Å². The van der Waals surface area contributed by atoms with Crippen LogP contribution in [0.4, 0.5) is 0 Å². The highest BCUT2D eigenvalue weighted by atomic mass is 127. The van der Waals surface area contributed by atoms with Gasteiger partial charge in [0.2, 0.25) is 0 Å². The van der Waals surface area contributed by atoms with Crippen LogP contribution in [0.2, 0.25) is 0 Å². The zero-order valence-corrected chi connectivity index (χ0v) is 22.1. The van der Waals surface area contributed by atoms with Crippen LogP contribution in [0.25, 0.3) is 0 Å². The highest BCUT2D eigenvalue weighted by Crippen LogP contribution is 2.50. The molecule has 1 aliphatic heterocycles. The molecule has 33 heavy (non-hydrogen) atoms. The first kappa shape index (κ1) is 24.3. The number of carbonyl (C=O) groups is 2. The Hall–Kier alpha value is -1.83. The van der Waals surface area contributed by atoms with Crippen molar-refractivity contribution in [1.29, 1.82) is 0 Å². The van der Waals surface area contributed by atoms with E-state index in [0.29, 0.717) is 31.8 Å². The van der Waals surface area contributed by atoms with Crippen molar-refractivity contribution >= 4 is 34.2 Å². The van der Waals surface area contributed by atoms with Gasteiger partial charge in [0.1, 0.15) is 0 Å². The van der Waals surface area contributed by atoms with E-state index in [2.05, 4.69) is 47.4 Å². The number of rotatable bonds is 8. The number of allylic oxidation sites excluding steroid dienone is 4. The Kier molecular flexibility index (Phi) is 7.82. The van der Waals surface area contributed by atoms with Crippen LogP contribution >= 0.6 is 22.6 Å². The summed E-state index contributed by atoms with van der Waals surface area (Å²) < 4.78 is 13.0. The maximum Gasteiger partial charge on any atom is 0.174 e. The van der Waals surface area contributed by atoms with Gasteiger partial charge in [-0.1, -0.05) is 13.8 Å². The SMILES string of the molecule is CCCOc1c(I)cc(C2C3=C(CCCC3=O)N(CCC)C3=C2C(=O)CCC3)cc1OCC. The molecule has 0 N–H and O–H groups in total. The van der Waals surface area contributed by atoms with Gasteiger partial charge in [-0.15, -0.1) is 0 Å². The molecule has 0 spiro atoms. The molecule has 1 heterocycles. The van der Waals surface area contributed by atoms with E-state index in [1.54, 1.807) is 0 Å². The van der Waals surface area contributed by atoms with Crippen molar-refractivity contribution in [3.05, 3.63) is 43.8 Å². The van der Waals surface area contributed by atoms with E-state index in [1.165, 1.54) is 0 Å². The molecule has 0 unspecified atom stereocenters. The predicted molar refractivity (Wildman–Crippen MR) is 138 cm³/mol. The van der Waals surface area contributed by atoms with Gasteiger partial charge in [-0.2, -0.15) is 0 Å². The molecule has 3 aliphatic rings. The molecule has 1 aromatic carbocycles. The Morgan fingerprint density at radius 3 is 2.09 bits per heavy atom. The zero-order chi connectivity index (χ0) is 23.5. The Bertz CT molecular complexity index is 966. The molecule has 0 saturated carbocycles. The largest absolute Gasteiger partial charge is 0.490 e. The van der Waals surface area contributed by atoms with Crippen molar-refractivity contribution in [2.45, 2.75) is 78.1 Å². The normalized spacial score (nSPS) is 19.1. The maximum atomic E-state index is 13.4. The van der Waals surface area contributed by atoms with E-state index in [1.807, 2.05) is 13.0 Å². The fourth-order valence-corrected chi connectivity index (χ4v) is 6.19. The first-order valence-corrected chi connectivity index (χ1v) is 13.5. The van der Waals surface area contributed by atoms with Gasteiger partial charge in [-0.3, -0.25) is 9.59 Å². The summed E-state index contributed by atoms with van der Waals surface area (Å²) in [5.74, 6) is 1.51. The molecule has 0 amide bonds. The van der Waals surface area contributed by atoms with Crippen molar-refractivity contribution < 1.29 is 19.1 Å². The minimum absolute atomic E-state index is 0.187. The number of ketones is 2. The summed E-state index contributed by atoms with van der Waals surface area (Å²) in [7, 11) is 0. The topological polar surface area (TPSA) is 55.8 Å². The molecule has 0 aromatic heterocycles. The summed E-state index contributed by atoms with van der Waals surface area (Å²) in [5.41, 5.74) is 4.93. The third-order valence-electron chi connectivity index (χ3n) is 6.65. The number of nitrogens with zero attached hydrogens (tertiary/aromatic N) is 1. The van der Waals surface area contributed by atoms with Crippen molar-refractivity contribution in [2.75, 3.05) is 19.8 Å². The van der Waals surface area contributed by atoms with Gasteiger partial charge in [-0.25, -0.2) is 0 Å². The Morgan fingerprint density at radius 2 is 1.55 bits per heavy atom. The second-order valence-corrected chi connectivity index (χ2v) is 10.1. The van der Waals surface area contributed by atoms with Gasteiger partial charge < -0.3 is 14.4 Å². The van der Waals surface area contributed by atoms with Crippen LogP contribution < -0.4 is 9.47 Å². The van der Waals surface area contributed by atoms with Crippen LogP contribution in [0.3, 0.4) is 0 Å². The Morgan fingerprint density at radius 1 is 0.909 bits per heavy atom. The van der Waals surface area contributed by atoms with Gasteiger partial charge in [-0.05, 0) is 85.7 Å². The molecule has 0 fully saturated rings. The number of halogens is 1. The summed E-state index contributed by atoms with van der Waals surface area (Å²) in [5, 5.41) is 0. The second kappa shape index (κ2) is 10.6. The van der Waals surface area contributed by atoms with Crippen molar-refractivity contribution in [3.8, 4) is 11.5 Å². The van der Waals surface area contributed by atoms with E-state index in [0.717, 1.165) is 82.5 Å². The quantitative estimate of drug-likeness (QED) is 0.348. The zero-order valence-electron chi connectivity index (χ0n) is 20.0. The number of ether oxygens (including phenoxy) is 2. The summed E-state index contributed by atoms with van der Waals surface area (Å²) in [6.07, 6.45) is 6.56. The molecule has 0 bridgehead atoms. The van der Waals surface area contributed by atoms with Gasteiger partial charge in [0.15, 0.2) is 23.1 Å². The predicted octanol–water partition coefficient (Wildman–Crippen LogP) is 6.30. The molecular weight excluding hydrogens is 529 g/mol. The molecule has 6 heteroatoms. The fourth-order valence-electron chi connectivity index (χ4n) is 5.41. The van der Waals surface area contributed by atoms with E-state index in [4.69, 9.17) is 9.47 Å². The lowest BCUT2D eigenvalue weighted by Gasteiger charge is -2.44. The van der Waals surface area contributed by atoms with E-state index < -0.39 is 0 Å². The molecule has 2 aliphatic carbocycles. The third-order valence-corrected chi connectivity index (χ3v) is 7.45. The second-order valence-electron chi connectivity index (χ2n) is 8.97. The van der Waals surface area contributed by atoms with Crippen LogP contribution in [0.15, 0.2) is 34.7 Å². The molecule has 0 atom stereocenters. The number of benzene rings is 1. The lowest BCUT2D eigenvalue weighted by atomic mass is 9.71. The molecule has 178 valence electrons.